The van der Waals surface area contributed by atoms with Crippen molar-refractivity contribution in [1.82, 2.24) is 10.9 Å². The van der Waals surface area contributed by atoms with E-state index >= 15 is 0 Å². The number of hydrogen-bond donors (Lipinski definition) is 2. The average molecular weight is 238 g/mol. The quantitative estimate of drug-likeness (QED) is 0.776. The molecule has 3 heteroatoms. The second-order valence-electron chi connectivity index (χ2n) is 6.06. The van der Waals surface area contributed by atoms with Crippen LogP contribution in [0.1, 0.15) is 64.2 Å². The molecule has 0 aromatic heterocycles. The molecule has 2 atom stereocenters. The molecule has 2 N–H and O–H groups in total. The van der Waals surface area contributed by atoms with Crippen LogP contribution in [0.15, 0.2) is 0 Å². The molecule has 0 bridgehead atoms. The Hall–Kier alpha value is -0.120. The molecule has 1 heterocycles. The third kappa shape index (κ3) is 2.83. The molecule has 1 aliphatic heterocycles. The Kier molecular flexibility index (Phi) is 3.99. The van der Waals surface area contributed by atoms with Crippen LogP contribution in [0.5, 0.6) is 0 Å². The van der Waals surface area contributed by atoms with Crippen LogP contribution in [0, 0.1) is 11.8 Å². The first-order valence-corrected chi connectivity index (χ1v) is 7.60. The van der Waals surface area contributed by atoms with Gasteiger partial charge in [-0.15, -0.1) is 0 Å². The van der Waals surface area contributed by atoms with E-state index in [1.807, 2.05) is 0 Å². The molecule has 98 valence electrons. The van der Waals surface area contributed by atoms with Gasteiger partial charge in [-0.3, -0.25) is 0 Å². The minimum absolute atomic E-state index is 0.280. The van der Waals surface area contributed by atoms with Crippen molar-refractivity contribution >= 4 is 0 Å². The summed E-state index contributed by atoms with van der Waals surface area (Å²) < 4.78 is 6.22. The Morgan fingerprint density at radius 1 is 0.588 bits per heavy atom. The van der Waals surface area contributed by atoms with Gasteiger partial charge in [-0.2, -0.15) is 0 Å². The van der Waals surface area contributed by atoms with Gasteiger partial charge in [0.25, 0.3) is 0 Å². The maximum atomic E-state index is 6.22. The van der Waals surface area contributed by atoms with Crippen molar-refractivity contribution < 1.29 is 4.74 Å². The van der Waals surface area contributed by atoms with Crippen LogP contribution >= 0.6 is 0 Å². The van der Waals surface area contributed by atoms with Crippen molar-refractivity contribution in [2.75, 3.05) is 0 Å². The zero-order chi connectivity index (χ0) is 11.5. The molecule has 0 aromatic rings. The van der Waals surface area contributed by atoms with Gasteiger partial charge < -0.3 is 4.74 Å². The standard InChI is InChI=1S/C14H26N2O/c1-3-7-11(8-4-1)13-15-16-14(17-13)12-9-5-2-6-10-12/h11-16H,1-10H2. The Labute approximate surface area is 105 Å². The molecule has 2 aliphatic carbocycles. The predicted molar refractivity (Wildman–Crippen MR) is 68.1 cm³/mol. The van der Waals surface area contributed by atoms with Crippen molar-refractivity contribution in [2.24, 2.45) is 11.8 Å². The fourth-order valence-electron chi connectivity index (χ4n) is 3.72. The first-order valence-electron chi connectivity index (χ1n) is 7.60. The molecule has 3 aliphatic rings. The maximum Gasteiger partial charge on any atom is 0.125 e. The highest BCUT2D eigenvalue weighted by Crippen LogP contribution is 2.32. The zero-order valence-corrected chi connectivity index (χ0v) is 10.8. The Morgan fingerprint density at radius 3 is 1.41 bits per heavy atom. The van der Waals surface area contributed by atoms with Crippen LogP contribution in [0.25, 0.3) is 0 Å². The lowest BCUT2D eigenvalue weighted by Gasteiger charge is -2.29. The number of hydrazine groups is 1. The van der Waals surface area contributed by atoms with E-state index in [1.165, 1.54) is 64.2 Å². The lowest BCUT2D eigenvalue weighted by Crippen LogP contribution is -2.39. The van der Waals surface area contributed by atoms with Gasteiger partial charge >= 0.3 is 0 Å². The molecule has 2 unspecified atom stereocenters. The summed E-state index contributed by atoms with van der Waals surface area (Å²) in [6, 6.07) is 0. The minimum atomic E-state index is 0.280. The summed E-state index contributed by atoms with van der Waals surface area (Å²) in [6.07, 6.45) is 14.3. The predicted octanol–water partition coefficient (Wildman–Crippen LogP) is 2.92. The summed E-state index contributed by atoms with van der Waals surface area (Å²) in [6.45, 7) is 0. The maximum absolute atomic E-state index is 6.22. The second-order valence-corrected chi connectivity index (χ2v) is 6.06. The molecule has 3 rings (SSSR count). The molecule has 0 amide bonds. The number of ether oxygens (including phenoxy) is 1. The fraction of sp³-hybridized carbons (Fsp3) is 1.00. The number of nitrogens with one attached hydrogen (secondary N) is 2. The normalized spacial score (nSPS) is 37.4. The summed E-state index contributed by atoms with van der Waals surface area (Å²) in [4.78, 5) is 0. The van der Waals surface area contributed by atoms with Gasteiger partial charge in [-0.1, -0.05) is 38.5 Å². The van der Waals surface area contributed by atoms with Crippen LogP contribution in [-0.2, 0) is 4.74 Å². The molecule has 3 fully saturated rings. The largest absolute Gasteiger partial charge is 0.342 e. The summed E-state index contributed by atoms with van der Waals surface area (Å²) in [5.41, 5.74) is 6.80. The molecule has 2 saturated carbocycles. The molecule has 3 nitrogen and oxygen atoms in total. The molecule has 0 spiro atoms. The van der Waals surface area contributed by atoms with Crippen molar-refractivity contribution in [1.29, 1.82) is 0 Å². The van der Waals surface area contributed by atoms with Crippen LogP contribution in [0.3, 0.4) is 0 Å². The van der Waals surface area contributed by atoms with Crippen LogP contribution in [0.2, 0.25) is 0 Å². The monoisotopic (exact) mass is 238 g/mol. The number of hydrogen-bond acceptors (Lipinski definition) is 3. The molecule has 17 heavy (non-hydrogen) atoms. The van der Waals surface area contributed by atoms with Crippen molar-refractivity contribution in [2.45, 2.75) is 76.7 Å². The van der Waals surface area contributed by atoms with E-state index in [0.717, 1.165) is 11.8 Å². The van der Waals surface area contributed by atoms with E-state index in [9.17, 15) is 0 Å². The van der Waals surface area contributed by atoms with Gasteiger partial charge in [0.15, 0.2) is 0 Å². The first kappa shape index (κ1) is 11.9. The smallest absolute Gasteiger partial charge is 0.125 e. The Morgan fingerprint density at radius 2 is 1.00 bits per heavy atom. The molecular weight excluding hydrogens is 212 g/mol. The van der Waals surface area contributed by atoms with Crippen molar-refractivity contribution in [3.63, 3.8) is 0 Å². The third-order valence-electron chi connectivity index (χ3n) is 4.82. The van der Waals surface area contributed by atoms with Crippen LogP contribution < -0.4 is 10.9 Å². The molecule has 0 aromatic carbocycles. The van der Waals surface area contributed by atoms with E-state index in [0.29, 0.717) is 0 Å². The van der Waals surface area contributed by atoms with Gasteiger partial charge in [-0.05, 0) is 37.5 Å². The summed E-state index contributed by atoms with van der Waals surface area (Å²) >= 11 is 0. The lowest BCUT2D eigenvalue weighted by molar-refractivity contribution is -0.0398. The summed E-state index contributed by atoms with van der Waals surface area (Å²) in [5, 5.41) is 0. The highest BCUT2D eigenvalue weighted by atomic mass is 16.5. The van der Waals surface area contributed by atoms with Crippen LogP contribution in [-0.4, -0.2) is 12.5 Å². The topological polar surface area (TPSA) is 33.3 Å². The highest BCUT2D eigenvalue weighted by molar-refractivity contribution is 4.81. The van der Waals surface area contributed by atoms with Crippen LogP contribution in [0.4, 0.5) is 0 Å². The summed E-state index contributed by atoms with van der Waals surface area (Å²) in [7, 11) is 0. The zero-order valence-electron chi connectivity index (χ0n) is 10.8. The minimum Gasteiger partial charge on any atom is -0.342 e. The van der Waals surface area contributed by atoms with E-state index in [2.05, 4.69) is 10.9 Å². The lowest BCUT2D eigenvalue weighted by atomic mass is 9.87. The Bertz CT molecular complexity index is 210. The number of rotatable bonds is 2. The van der Waals surface area contributed by atoms with Gasteiger partial charge in [0, 0.05) is 0 Å². The van der Waals surface area contributed by atoms with Crippen molar-refractivity contribution in [3.05, 3.63) is 0 Å². The van der Waals surface area contributed by atoms with E-state index in [1.54, 1.807) is 0 Å². The Balaban J connectivity index is 1.50. The first-order chi connectivity index (χ1) is 8.43. The van der Waals surface area contributed by atoms with E-state index in [-0.39, 0.29) is 12.5 Å². The van der Waals surface area contributed by atoms with Gasteiger partial charge in [0.05, 0.1) is 0 Å². The molecular formula is C14H26N2O. The average Bonchev–Trinajstić information content (AvgIpc) is 2.90. The highest BCUT2D eigenvalue weighted by Gasteiger charge is 2.35. The van der Waals surface area contributed by atoms with Gasteiger partial charge in [0.1, 0.15) is 12.5 Å². The van der Waals surface area contributed by atoms with E-state index in [4.69, 9.17) is 4.74 Å². The summed E-state index contributed by atoms with van der Waals surface area (Å²) in [5.74, 6) is 1.48. The van der Waals surface area contributed by atoms with Crippen molar-refractivity contribution in [3.8, 4) is 0 Å². The third-order valence-corrected chi connectivity index (χ3v) is 4.82. The molecule has 1 saturated heterocycles. The van der Waals surface area contributed by atoms with Gasteiger partial charge in [0.2, 0.25) is 0 Å². The van der Waals surface area contributed by atoms with Gasteiger partial charge in [-0.25, -0.2) is 10.9 Å². The SMILES string of the molecule is C1CCC(C2NNC(C3CCCCC3)O2)CC1. The molecule has 0 radical (unpaired) electrons. The fourth-order valence-corrected chi connectivity index (χ4v) is 3.72. The van der Waals surface area contributed by atoms with E-state index < -0.39 is 0 Å². The second kappa shape index (κ2) is 5.68.